The molecule has 0 atom stereocenters. The molecule has 0 fully saturated rings. The van der Waals surface area contributed by atoms with Crippen LogP contribution in [-0.2, 0) is 11.3 Å². The van der Waals surface area contributed by atoms with Crippen molar-refractivity contribution in [3.8, 4) is 0 Å². The number of aryl methyl sites for hydroxylation is 1. The third-order valence-electron chi connectivity index (χ3n) is 3.06. The number of carbonyl (C=O) groups is 1. The van der Waals surface area contributed by atoms with Gasteiger partial charge in [-0.15, -0.1) is 11.3 Å². The Morgan fingerprint density at radius 2 is 2.20 bits per heavy atom. The van der Waals surface area contributed by atoms with Crippen molar-refractivity contribution >= 4 is 34.6 Å². The molecule has 6 heteroatoms. The van der Waals surface area contributed by atoms with E-state index >= 15 is 0 Å². The van der Waals surface area contributed by atoms with E-state index in [0.717, 1.165) is 21.7 Å². The minimum absolute atomic E-state index is 0.324. The van der Waals surface area contributed by atoms with Gasteiger partial charge in [0, 0.05) is 16.8 Å². The summed E-state index contributed by atoms with van der Waals surface area (Å²) in [7, 11) is 1.39. The maximum atomic E-state index is 11.7. The first-order valence-corrected chi connectivity index (χ1v) is 7.24. The summed E-state index contributed by atoms with van der Waals surface area (Å²) in [4.78, 5) is 16.8. The molecule has 0 saturated heterocycles. The van der Waals surface area contributed by atoms with Crippen LogP contribution in [0.15, 0.2) is 18.3 Å². The van der Waals surface area contributed by atoms with E-state index in [1.807, 2.05) is 19.9 Å². The highest BCUT2D eigenvalue weighted by atomic mass is 35.5. The van der Waals surface area contributed by atoms with Crippen molar-refractivity contribution in [3.05, 3.63) is 44.4 Å². The van der Waals surface area contributed by atoms with Crippen LogP contribution in [-0.4, -0.2) is 18.1 Å². The largest absolute Gasteiger partial charge is 0.465 e. The molecule has 0 aliphatic heterocycles. The highest BCUT2D eigenvalue weighted by Gasteiger charge is 2.12. The summed E-state index contributed by atoms with van der Waals surface area (Å²) in [6.45, 7) is 4.50. The van der Waals surface area contributed by atoms with Gasteiger partial charge in [-0.05, 0) is 37.1 Å². The van der Waals surface area contributed by atoms with Gasteiger partial charge in [0.1, 0.15) is 0 Å². The summed E-state index contributed by atoms with van der Waals surface area (Å²) in [6, 6.07) is 3.81. The van der Waals surface area contributed by atoms with E-state index in [1.165, 1.54) is 18.4 Å². The SMILES string of the molecule is COC(=O)c1cc(NCc2cnc(Cl)s2)cc(C)c1C. The fraction of sp³-hybridized carbons (Fsp3) is 0.286. The summed E-state index contributed by atoms with van der Waals surface area (Å²) >= 11 is 7.22. The molecular formula is C14H15ClN2O2S. The summed E-state index contributed by atoms with van der Waals surface area (Å²) in [5.74, 6) is -0.324. The van der Waals surface area contributed by atoms with Crippen LogP contribution < -0.4 is 5.32 Å². The van der Waals surface area contributed by atoms with Crippen molar-refractivity contribution in [3.63, 3.8) is 0 Å². The zero-order chi connectivity index (χ0) is 14.7. The molecule has 20 heavy (non-hydrogen) atoms. The summed E-state index contributed by atoms with van der Waals surface area (Å²) in [5, 5.41) is 3.27. The molecule has 2 rings (SSSR count). The summed E-state index contributed by atoms with van der Waals surface area (Å²) in [6.07, 6.45) is 1.74. The Kier molecular flexibility index (Phi) is 4.62. The number of anilines is 1. The lowest BCUT2D eigenvalue weighted by molar-refractivity contribution is 0.0600. The zero-order valence-electron chi connectivity index (χ0n) is 11.5. The second-order valence-corrected chi connectivity index (χ2v) is 6.09. The quantitative estimate of drug-likeness (QED) is 0.872. The van der Waals surface area contributed by atoms with Crippen molar-refractivity contribution < 1.29 is 9.53 Å². The first-order chi connectivity index (χ1) is 9.51. The maximum Gasteiger partial charge on any atom is 0.338 e. The van der Waals surface area contributed by atoms with Crippen LogP contribution in [0.2, 0.25) is 4.47 Å². The van der Waals surface area contributed by atoms with Gasteiger partial charge in [0.05, 0.1) is 19.2 Å². The molecule has 0 amide bonds. The van der Waals surface area contributed by atoms with Crippen LogP contribution in [0.5, 0.6) is 0 Å². The van der Waals surface area contributed by atoms with Gasteiger partial charge in [0.25, 0.3) is 0 Å². The Hall–Kier alpha value is -1.59. The number of esters is 1. The molecule has 0 spiro atoms. The predicted molar refractivity (Wildman–Crippen MR) is 81.7 cm³/mol. The molecule has 4 nitrogen and oxygen atoms in total. The number of hydrogen-bond acceptors (Lipinski definition) is 5. The average molecular weight is 311 g/mol. The molecule has 0 aliphatic rings. The van der Waals surface area contributed by atoms with E-state index in [1.54, 1.807) is 12.3 Å². The highest BCUT2D eigenvalue weighted by molar-refractivity contribution is 7.15. The second-order valence-electron chi connectivity index (χ2n) is 4.39. The van der Waals surface area contributed by atoms with Gasteiger partial charge in [-0.1, -0.05) is 11.6 Å². The maximum absolute atomic E-state index is 11.7. The highest BCUT2D eigenvalue weighted by Crippen LogP contribution is 2.23. The lowest BCUT2D eigenvalue weighted by Gasteiger charge is -2.12. The normalized spacial score (nSPS) is 10.4. The Morgan fingerprint density at radius 3 is 2.80 bits per heavy atom. The van der Waals surface area contributed by atoms with Crippen LogP contribution in [0, 0.1) is 13.8 Å². The number of carbonyl (C=O) groups excluding carboxylic acids is 1. The molecule has 1 N–H and O–H groups in total. The minimum atomic E-state index is -0.324. The smallest absolute Gasteiger partial charge is 0.338 e. The van der Waals surface area contributed by atoms with Crippen molar-refractivity contribution in [2.45, 2.75) is 20.4 Å². The van der Waals surface area contributed by atoms with Gasteiger partial charge >= 0.3 is 5.97 Å². The standard InChI is InChI=1S/C14H15ClN2O2S/c1-8-4-10(5-12(9(8)2)13(18)19-3)16-6-11-7-17-14(15)20-11/h4-5,7,16H,6H2,1-3H3. The summed E-state index contributed by atoms with van der Waals surface area (Å²) < 4.78 is 5.33. The monoisotopic (exact) mass is 310 g/mol. The van der Waals surface area contributed by atoms with E-state index in [4.69, 9.17) is 16.3 Å². The van der Waals surface area contributed by atoms with Crippen LogP contribution in [0.3, 0.4) is 0 Å². The van der Waals surface area contributed by atoms with Gasteiger partial charge in [0.15, 0.2) is 4.47 Å². The molecular weight excluding hydrogens is 296 g/mol. The Balaban J connectivity index is 2.19. The van der Waals surface area contributed by atoms with Crippen LogP contribution in [0.25, 0.3) is 0 Å². The lowest BCUT2D eigenvalue weighted by Crippen LogP contribution is -2.07. The number of thiazole rings is 1. The van der Waals surface area contributed by atoms with Crippen molar-refractivity contribution in [1.82, 2.24) is 4.98 Å². The molecule has 0 saturated carbocycles. The van der Waals surface area contributed by atoms with Gasteiger partial charge in [-0.25, -0.2) is 9.78 Å². The van der Waals surface area contributed by atoms with E-state index in [0.29, 0.717) is 16.6 Å². The fourth-order valence-electron chi connectivity index (χ4n) is 1.84. The van der Waals surface area contributed by atoms with Crippen molar-refractivity contribution in [2.75, 3.05) is 12.4 Å². The molecule has 1 aromatic carbocycles. The van der Waals surface area contributed by atoms with Gasteiger partial charge in [-0.2, -0.15) is 0 Å². The fourth-order valence-corrected chi connectivity index (χ4v) is 2.76. The molecule has 2 aromatic rings. The molecule has 0 radical (unpaired) electrons. The molecule has 1 heterocycles. The van der Waals surface area contributed by atoms with Crippen LogP contribution >= 0.6 is 22.9 Å². The van der Waals surface area contributed by atoms with E-state index < -0.39 is 0 Å². The van der Waals surface area contributed by atoms with E-state index in [2.05, 4.69) is 10.3 Å². The number of aromatic nitrogens is 1. The third kappa shape index (κ3) is 3.29. The first kappa shape index (κ1) is 14.8. The molecule has 1 aromatic heterocycles. The van der Waals surface area contributed by atoms with Gasteiger partial charge < -0.3 is 10.1 Å². The number of nitrogens with one attached hydrogen (secondary N) is 1. The number of ether oxygens (including phenoxy) is 1. The van der Waals surface area contributed by atoms with Crippen LogP contribution in [0.1, 0.15) is 26.4 Å². The zero-order valence-corrected chi connectivity index (χ0v) is 13.1. The number of halogens is 1. The van der Waals surface area contributed by atoms with E-state index in [-0.39, 0.29) is 5.97 Å². The number of methoxy groups -OCH3 is 1. The van der Waals surface area contributed by atoms with Gasteiger partial charge in [-0.3, -0.25) is 0 Å². The predicted octanol–water partition coefficient (Wildman–Crippen LogP) is 3.81. The number of benzene rings is 1. The molecule has 106 valence electrons. The minimum Gasteiger partial charge on any atom is -0.465 e. The molecule has 0 aliphatic carbocycles. The Morgan fingerprint density at radius 1 is 1.45 bits per heavy atom. The Bertz CT molecular complexity index is 640. The van der Waals surface area contributed by atoms with Crippen molar-refractivity contribution in [1.29, 1.82) is 0 Å². The molecule has 0 unspecified atom stereocenters. The second kappa shape index (κ2) is 6.24. The van der Waals surface area contributed by atoms with E-state index in [9.17, 15) is 4.79 Å². The van der Waals surface area contributed by atoms with Crippen LogP contribution in [0.4, 0.5) is 5.69 Å². The average Bonchev–Trinajstić information content (AvgIpc) is 2.85. The third-order valence-corrected chi connectivity index (χ3v) is 4.18. The number of hydrogen-bond donors (Lipinski definition) is 1. The first-order valence-electron chi connectivity index (χ1n) is 6.05. The lowest BCUT2D eigenvalue weighted by atomic mass is 10.0. The molecule has 0 bridgehead atoms. The summed E-state index contributed by atoms with van der Waals surface area (Å²) in [5.41, 5.74) is 3.43. The van der Waals surface area contributed by atoms with Gasteiger partial charge in [0.2, 0.25) is 0 Å². The topological polar surface area (TPSA) is 51.2 Å². The number of nitrogens with zero attached hydrogens (tertiary/aromatic N) is 1. The number of rotatable bonds is 4. The Labute approximate surface area is 126 Å². The van der Waals surface area contributed by atoms with Crippen molar-refractivity contribution in [2.24, 2.45) is 0 Å².